The minimum Gasteiger partial charge on any atom is -0.427 e. The zero-order valence-electron chi connectivity index (χ0n) is 16.2. The summed E-state index contributed by atoms with van der Waals surface area (Å²) in [5, 5.41) is 0. The van der Waals surface area contributed by atoms with E-state index in [-0.39, 0.29) is 22.6 Å². The zero-order chi connectivity index (χ0) is 21.7. The Morgan fingerprint density at radius 3 is 1.83 bits per heavy atom. The van der Waals surface area contributed by atoms with Crippen molar-refractivity contribution in [3.8, 4) is 17.2 Å². The number of esters is 3. The van der Waals surface area contributed by atoms with Gasteiger partial charge in [-0.15, -0.1) is 0 Å². The maximum absolute atomic E-state index is 12.9. The maximum atomic E-state index is 12.9. The van der Waals surface area contributed by atoms with Crippen LogP contribution in [0.2, 0.25) is 0 Å². The highest BCUT2D eigenvalue weighted by atomic mass is 19.1. The normalized spacial score (nSPS) is 10.2. The monoisotopic (exact) mass is 408 g/mol. The third-order valence-electron chi connectivity index (χ3n) is 3.99. The summed E-state index contributed by atoms with van der Waals surface area (Å²) in [7, 11) is 0. The van der Waals surface area contributed by atoms with Gasteiger partial charge in [-0.25, -0.2) is 14.0 Å². The predicted octanol–water partition coefficient (Wildman–Crippen LogP) is 4.50. The number of ether oxygens (including phenoxy) is 3. The Balaban J connectivity index is 1.67. The lowest BCUT2D eigenvalue weighted by Gasteiger charge is -2.10. The van der Waals surface area contributed by atoms with Gasteiger partial charge in [-0.05, 0) is 79.2 Å². The average molecular weight is 408 g/mol. The molecule has 0 atom stereocenters. The fourth-order valence-corrected chi connectivity index (χ4v) is 2.54. The SMILES string of the molecule is CC(=O)Oc1ccc(C(=O)Oc2ccc(C(=O)Oc3ccc(F)cc3)cc2C)cc1. The zero-order valence-corrected chi connectivity index (χ0v) is 16.2. The molecule has 6 nitrogen and oxygen atoms in total. The number of hydrogen-bond donors (Lipinski definition) is 0. The third kappa shape index (κ3) is 5.29. The molecule has 0 aliphatic heterocycles. The molecular formula is C23H17FO6. The number of carbonyl (C=O) groups excluding carboxylic acids is 3. The first kappa shape index (κ1) is 20.7. The van der Waals surface area contributed by atoms with Gasteiger partial charge in [0.2, 0.25) is 0 Å². The molecule has 0 fully saturated rings. The highest BCUT2D eigenvalue weighted by molar-refractivity contribution is 5.93. The minimum atomic E-state index is -0.622. The van der Waals surface area contributed by atoms with Gasteiger partial charge in [-0.2, -0.15) is 0 Å². The predicted molar refractivity (Wildman–Crippen MR) is 105 cm³/mol. The fraction of sp³-hybridized carbons (Fsp3) is 0.0870. The van der Waals surface area contributed by atoms with Crippen molar-refractivity contribution in [3.63, 3.8) is 0 Å². The van der Waals surface area contributed by atoms with Gasteiger partial charge in [0.05, 0.1) is 11.1 Å². The molecule has 0 aliphatic rings. The number of rotatable bonds is 5. The van der Waals surface area contributed by atoms with Crippen LogP contribution in [0.15, 0.2) is 66.7 Å². The van der Waals surface area contributed by atoms with Crippen LogP contribution in [0.3, 0.4) is 0 Å². The van der Waals surface area contributed by atoms with Gasteiger partial charge < -0.3 is 14.2 Å². The first-order valence-electron chi connectivity index (χ1n) is 8.91. The van der Waals surface area contributed by atoms with Crippen molar-refractivity contribution >= 4 is 17.9 Å². The first-order valence-corrected chi connectivity index (χ1v) is 8.91. The van der Waals surface area contributed by atoms with Crippen molar-refractivity contribution in [2.24, 2.45) is 0 Å². The highest BCUT2D eigenvalue weighted by Crippen LogP contribution is 2.22. The second-order valence-corrected chi connectivity index (χ2v) is 6.33. The molecule has 0 amide bonds. The van der Waals surface area contributed by atoms with E-state index in [1.165, 1.54) is 73.7 Å². The van der Waals surface area contributed by atoms with Crippen LogP contribution in [-0.2, 0) is 4.79 Å². The molecule has 3 aromatic rings. The van der Waals surface area contributed by atoms with Gasteiger partial charge in [-0.1, -0.05) is 0 Å². The van der Waals surface area contributed by atoms with Crippen LogP contribution in [-0.4, -0.2) is 17.9 Å². The summed E-state index contributed by atoms with van der Waals surface area (Å²) in [6.45, 7) is 2.96. The topological polar surface area (TPSA) is 78.9 Å². The number of hydrogen-bond acceptors (Lipinski definition) is 6. The van der Waals surface area contributed by atoms with E-state index in [2.05, 4.69) is 0 Å². The molecule has 0 aromatic heterocycles. The molecule has 0 spiro atoms. The van der Waals surface area contributed by atoms with E-state index in [0.29, 0.717) is 11.3 Å². The molecule has 0 radical (unpaired) electrons. The Morgan fingerprint density at radius 2 is 1.23 bits per heavy atom. The van der Waals surface area contributed by atoms with Gasteiger partial charge in [0.15, 0.2) is 0 Å². The molecule has 0 saturated carbocycles. The average Bonchev–Trinajstić information content (AvgIpc) is 2.71. The standard InChI is InChI=1S/C23H17FO6/c1-14-13-17(23(27)29-20-10-6-18(24)7-11-20)5-12-21(14)30-22(26)16-3-8-19(9-4-16)28-15(2)25/h3-13H,1-2H3. The van der Waals surface area contributed by atoms with Crippen LogP contribution < -0.4 is 14.2 Å². The van der Waals surface area contributed by atoms with E-state index in [9.17, 15) is 18.8 Å². The lowest BCUT2D eigenvalue weighted by molar-refractivity contribution is -0.131. The molecule has 0 unspecified atom stereocenters. The molecule has 3 aromatic carbocycles. The molecule has 0 heterocycles. The highest BCUT2D eigenvalue weighted by Gasteiger charge is 2.14. The summed E-state index contributed by atoms with van der Waals surface area (Å²) in [6.07, 6.45) is 0. The molecular weight excluding hydrogens is 391 g/mol. The van der Waals surface area contributed by atoms with Crippen LogP contribution in [0.4, 0.5) is 4.39 Å². The molecule has 0 aliphatic carbocycles. The van der Waals surface area contributed by atoms with Gasteiger partial charge in [0.25, 0.3) is 0 Å². The lowest BCUT2D eigenvalue weighted by atomic mass is 10.1. The summed E-state index contributed by atoms with van der Waals surface area (Å²) >= 11 is 0. The second-order valence-electron chi connectivity index (χ2n) is 6.33. The Kier molecular flexibility index (Phi) is 6.22. The summed E-state index contributed by atoms with van der Waals surface area (Å²) < 4.78 is 28.4. The Bertz CT molecular complexity index is 1090. The van der Waals surface area contributed by atoms with Crippen LogP contribution in [0.25, 0.3) is 0 Å². The van der Waals surface area contributed by atoms with Gasteiger partial charge in [-0.3, -0.25) is 4.79 Å². The van der Waals surface area contributed by atoms with Crippen LogP contribution in [0.5, 0.6) is 17.2 Å². The van der Waals surface area contributed by atoms with Crippen molar-refractivity contribution in [2.45, 2.75) is 13.8 Å². The largest absolute Gasteiger partial charge is 0.427 e. The smallest absolute Gasteiger partial charge is 0.343 e. The van der Waals surface area contributed by atoms with Crippen LogP contribution >= 0.6 is 0 Å². The number of aryl methyl sites for hydroxylation is 1. The van der Waals surface area contributed by atoms with E-state index in [0.717, 1.165) is 0 Å². The summed E-state index contributed by atoms with van der Waals surface area (Å²) in [5.41, 5.74) is 1.07. The molecule has 3 rings (SSSR count). The summed E-state index contributed by atoms with van der Waals surface area (Å²) in [6, 6.07) is 15.5. The minimum absolute atomic E-state index is 0.215. The number of halogens is 1. The van der Waals surface area contributed by atoms with Crippen molar-refractivity contribution < 1.29 is 33.0 Å². The molecule has 7 heteroatoms. The van der Waals surface area contributed by atoms with Gasteiger partial charge >= 0.3 is 17.9 Å². The number of benzene rings is 3. The van der Waals surface area contributed by atoms with E-state index in [1.54, 1.807) is 6.92 Å². The third-order valence-corrected chi connectivity index (χ3v) is 3.99. The summed E-state index contributed by atoms with van der Waals surface area (Å²) in [4.78, 5) is 35.5. The Hall–Kier alpha value is -4.00. The van der Waals surface area contributed by atoms with E-state index >= 15 is 0 Å². The van der Waals surface area contributed by atoms with Crippen molar-refractivity contribution in [1.29, 1.82) is 0 Å². The lowest BCUT2D eigenvalue weighted by Crippen LogP contribution is -2.11. The van der Waals surface area contributed by atoms with Crippen LogP contribution in [0.1, 0.15) is 33.2 Å². The van der Waals surface area contributed by atoms with Gasteiger partial charge in [0, 0.05) is 6.92 Å². The van der Waals surface area contributed by atoms with Crippen molar-refractivity contribution in [1.82, 2.24) is 0 Å². The summed E-state index contributed by atoms with van der Waals surface area (Å²) in [5.74, 6) is -1.30. The molecule has 152 valence electrons. The Morgan fingerprint density at radius 1 is 0.700 bits per heavy atom. The fourth-order valence-electron chi connectivity index (χ4n) is 2.54. The van der Waals surface area contributed by atoms with E-state index in [1.807, 2.05) is 0 Å². The molecule has 30 heavy (non-hydrogen) atoms. The maximum Gasteiger partial charge on any atom is 0.343 e. The second kappa shape index (κ2) is 9.00. The van der Waals surface area contributed by atoms with E-state index in [4.69, 9.17) is 14.2 Å². The van der Waals surface area contributed by atoms with Crippen LogP contribution in [0, 0.1) is 12.7 Å². The Labute approximate surface area is 171 Å². The first-order chi connectivity index (χ1) is 14.3. The quantitative estimate of drug-likeness (QED) is 0.457. The van der Waals surface area contributed by atoms with Crippen molar-refractivity contribution in [2.75, 3.05) is 0 Å². The molecule has 0 N–H and O–H groups in total. The van der Waals surface area contributed by atoms with Gasteiger partial charge in [0.1, 0.15) is 23.1 Å². The van der Waals surface area contributed by atoms with E-state index < -0.39 is 23.7 Å². The van der Waals surface area contributed by atoms with Crippen molar-refractivity contribution in [3.05, 3.63) is 89.2 Å². The molecule has 0 bridgehead atoms. The molecule has 0 saturated heterocycles. The number of carbonyl (C=O) groups is 3.